The van der Waals surface area contributed by atoms with Gasteiger partial charge < -0.3 is 0 Å². The molecule has 0 bridgehead atoms. The summed E-state index contributed by atoms with van der Waals surface area (Å²) in [5, 5.41) is 0. The van der Waals surface area contributed by atoms with E-state index in [0.29, 0.717) is 19.8 Å². The number of rotatable bonds is 20. The summed E-state index contributed by atoms with van der Waals surface area (Å²) in [6.07, 6.45) is 5.33. The maximum atomic E-state index is 6.59. The molecule has 0 radical (unpaired) electrons. The molecule has 0 atom stereocenters. The van der Waals surface area contributed by atoms with Gasteiger partial charge >= 0.3 is 192 Å². The Balaban J connectivity index is 5.97. The Labute approximate surface area is 192 Å². The first kappa shape index (κ1) is 30.7. The van der Waals surface area contributed by atoms with Gasteiger partial charge in [0.25, 0.3) is 0 Å². The molecule has 0 aliphatic rings. The van der Waals surface area contributed by atoms with Crippen molar-refractivity contribution in [2.75, 3.05) is 19.8 Å². The molecule has 0 N–H and O–H groups in total. The van der Waals surface area contributed by atoms with Crippen molar-refractivity contribution in [3.63, 3.8) is 0 Å². The fourth-order valence-electron chi connectivity index (χ4n) is 2.41. The average Bonchev–Trinajstić information content (AvgIpc) is 2.60. The summed E-state index contributed by atoms with van der Waals surface area (Å²) in [4.78, 5) is 0. The maximum absolute atomic E-state index is 6.59. The SMILES string of the molecule is CCCCO[Si](OCCCC)(OCCCC)[O][Ti]([O]C(C)C)([O]C(C)C)[O]C(C)C. The molecule has 0 rings (SSSR count). The Morgan fingerprint density at radius 2 is 0.867 bits per heavy atom. The van der Waals surface area contributed by atoms with E-state index in [1.54, 1.807) is 0 Å². The molecule has 0 aromatic rings. The van der Waals surface area contributed by atoms with Crippen LogP contribution in [0.4, 0.5) is 0 Å². The van der Waals surface area contributed by atoms with Crippen molar-refractivity contribution in [1.82, 2.24) is 0 Å². The van der Waals surface area contributed by atoms with Crippen molar-refractivity contribution < 1.29 is 44.4 Å². The molecule has 0 fully saturated rings. The van der Waals surface area contributed by atoms with E-state index < -0.39 is 27.2 Å². The van der Waals surface area contributed by atoms with Crippen molar-refractivity contribution in [1.29, 1.82) is 0 Å². The molecule has 0 aromatic heterocycles. The van der Waals surface area contributed by atoms with E-state index >= 15 is 0 Å². The molecular weight excluding hydrogens is 440 g/mol. The van der Waals surface area contributed by atoms with Crippen LogP contribution in [0.3, 0.4) is 0 Å². The van der Waals surface area contributed by atoms with Crippen LogP contribution in [0, 0.1) is 0 Å². The first-order valence-corrected chi connectivity index (χ1v) is 16.0. The molecule has 182 valence electrons. The second-order valence-electron chi connectivity index (χ2n) is 8.21. The summed E-state index contributed by atoms with van der Waals surface area (Å²) in [5.74, 6) is 0. The van der Waals surface area contributed by atoms with Gasteiger partial charge in [-0.15, -0.1) is 0 Å². The van der Waals surface area contributed by atoms with Crippen molar-refractivity contribution in [3.8, 4) is 0 Å². The third-order valence-corrected chi connectivity index (χ3v) is 11.8. The van der Waals surface area contributed by atoms with Crippen LogP contribution in [-0.4, -0.2) is 47.2 Å². The molecule has 9 heteroatoms. The predicted molar refractivity (Wildman–Crippen MR) is 118 cm³/mol. The summed E-state index contributed by atoms with van der Waals surface area (Å²) in [6, 6.07) is 0. The Hall–Kier alpha value is 0.651. The molecule has 0 aliphatic carbocycles. The molecule has 0 unspecified atom stereocenters. The molecule has 0 amide bonds. The Morgan fingerprint density at radius 3 is 1.10 bits per heavy atom. The summed E-state index contributed by atoms with van der Waals surface area (Å²) in [7, 11) is -3.53. The minimum absolute atomic E-state index is 0.129. The molecule has 0 saturated heterocycles. The van der Waals surface area contributed by atoms with E-state index in [0.717, 1.165) is 38.5 Å². The number of unbranched alkanes of at least 4 members (excludes halogenated alkanes) is 3. The molecule has 7 nitrogen and oxygen atoms in total. The van der Waals surface area contributed by atoms with Crippen LogP contribution in [0.5, 0.6) is 0 Å². The second kappa shape index (κ2) is 17.2. The Kier molecular flexibility index (Phi) is 17.5. The van der Waals surface area contributed by atoms with Gasteiger partial charge in [0.05, 0.1) is 0 Å². The van der Waals surface area contributed by atoms with Crippen molar-refractivity contribution in [2.24, 2.45) is 0 Å². The summed E-state index contributed by atoms with van der Waals surface area (Å²) < 4.78 is 44.1. The zero-order valence-corrected chi connectivity index (χ0v) is 23.5. The second-order valence-corrected chi connectivity index (χ2v) is 13.9. The fourth-order valence-corrected chi connectivity index (χ4v) is 10.4. The van der Waals surface area contributed by atoms with E-state index in [-0.39, 0.29) is 18.3 Å². The third kappa shape index (κ3) is 13.9. The molecule has 0 aliphatic heterocycles. The van der Waals surface area contributed by atoms with Crippen LogP contribution in [-0.2, 0) is 44.4 Å². The normalized spacial score (nSPS) is 13.2. The van der Waals surface area contributed by atoms with Gasteiger partial charge in [0.15, 0.2) is 0 Å². The summed E-state index contributed by atoms with van der Waals surface area (Å²) >= 11 is -4.26. The van der Waals surface area contributed by atoms with Crippen LogP contribution in [0.15, 0.2) is 0 Å². The summed E-state index contributed by atoms with van der Waals surface area (Å²) in [5.41, 5.74) is 0. The molecule has 0 spiro atoms. The zero-order chi connectivity index (χ0) is 23.0. The van der Waals surface area contributed by atoms with Crippen LogP contribution >= 0.6 is 0 Å². The Bertz CT molecular complexity index is 358. The summed E-state index contributed by atoms with van der Waals surface area (Å²) in [6.45, 7) is 19.6. The van der Waals surface area contributed by atoms with E-state index in [9.17, 15) is 0 Å². The molecule has 30 heavy (non-hydrogen) atoms. The van der Waals surface area contributed by atoms with Gasteiger partial charge in [-0.25, -0.2) is 0 Å². The average molecular weight is 489 g/mol. The van der Waals surface area contributed by atoms with Gasteiger partial charge in [-0.3, -0.25) is 0 Å². The Morgan fingerprint density at radius 1 is 0.567 bits per heavy atom. The quantitative estimate of drug-likeness (QED) is 0.154. The van der Waals surface area contributed by atoms with Gasteiger partial charge in [0.1, 0.15) is 0 Å². The van der Waals surface area contributed by atoms with E-state index in [4.69, 9.17) is 26.2 Å². The standard InChI is InChI=1S/C12H27O4Si.3C3H7O.Ti/c1-4-7-10-14-17(13,15-11-8-5-2)16-12-9-6-3;3*1-3(2)4;/h4-12H2,1-3H3;3*3H,1-2H3;/q4*-1;+4. The molecule has 0 heterocycles. The fraction of sp³-hybridized carbons (Fsp3) is 1.00. The van der Waals surface area contributed by atoms with Gasteiger partial charge in [-0.1, -0.05) is 0 Å². The van der Waals surface area contributed by atoms with Gasteiger partial charge in [-0.2, -0.15) is 0 Å². The van der Waals surface area contributed by atoms with E-state index in [1.807, 2.05) is 41.5 Å². The zero-order valence-electron chi connectivity index (χ0n) is 21.0. The van der Waals surface area contributed by atoms with Crippen molar-refractivity contribution in [3.05, 3.63) is 0 Å². The van der Waals surface area contributed by atoms with Crippen LogP contribution in [0.1, 0.15) is 101 Å². The van der Waals surface area contributed by atoms with Crippen LogP contribution < -0.4 is 0 Å². The third-order valence-electron chi connectivity index (χ3n) is 3.72. The van der Waals surface area contributed by atoms with E-state index in [2.05, 4.69) is 20.8 Å². The topological polar surface area (TPSA) is 64.6 Å². The molecule has 0 aromatic carbocycles. The molecular formula is C21H48O7SiTi. The predicted octanol–water partition coefficient (Wildman–Crippen LogP) is 5.98. The first-order valence-electron chi connectivity index (χ1n) is 11.8. The van der Waals surface area contributed by atoms with Crippen molar-refractivity contribution >= 4 is 9.05 Å². The van der Waals surface area contributed by atoms with Crippen LogP contribution in [0.2, 0.25) is 0 Å². The van der Waals surface area contributed by atoms with Gasteiger partial charge in [0, 0.05) is 0 Å². The monoisotopic (exact) mass is 488 g/mol. The van der Waals surface area contributed by atoms with Crippen LogP contribution in [0.25, 0.3) is 0 Å². The number of hydrogen-bond acceptors (Lipinski definition) is 7. The van der Waals surface area contributed by atoms with Gasteiger partial charge in [0.2, 0.25) is 0 Å². The molecule has 0 saturated carbocycles. The minimum atomic E-state index is -4.26. The number of hydrogen-bond donors (Lipinski definition) is 0. The van der Waals surface area contributed by atoms with Crippen molar-refractivity contribution in [2.45, 2.75) is 119 Å². The van der Waals surface area contributed by atoms with Gasteiger partial charge in [-0.05, 0) is 0 Å². The van der Waals surface area contributed by atoms with E-state index in [1.165, 1.54) is 0 Å². The first-order chi connectivity index (χ1) is 14.1.